The second-order valence-corrected chi connectivity index (χ2v) is 12.8. The number of carbonyl (C=O) groups excluding carboxylic acids is 1. The molecule has 0 aliphatic heterocycles. The molecule has 0 bridgehead atoms. The maximum atomic E-state index is 13.3. The Morgan fingerprint density at radius 2 is 1.71 bits per heavy atom. The van der Waals surface area contributed by atoms with Gasteiger partial charge in [-0.1, -0.05) is 53.9 Å². The highest BCUT2D eigenvalue weighted by Crippen LogP contribution is 2.69. The van der Waals surface area contributed by atoms with E-state index >= 15 is 0 Å². The number of ketones is 1. The number of hydrogen-bond donors (Lipinski definition) is 3. The standard InChI is InChI=1S/C27H46O4/c1-16(2)7-6-8-17(3)19-9-10-20-22-24(30)23(29)21-15-18(28)11-12-26(21,5)27(22,31)14-13-25(19,20)4/h16-22,24,28,30-31H,6-15H2,1-5H3/t17-,18+,19-,20+,21?,22-,24+,25-,26+,27-/m1/s1. The second kappa shape index (κ2) is 8.09. The smallest absolute Gasteiger partial charge is 0.165 e. The minimum atomic E-state index is -1.09. The average Bonchev–Trinajstić information content (AvgIpc) is 3.05. The van der Waals surface area contributed by atoms with Crippen molar-refractivity contribution < 1.29 is 20.1 Å². The van der Waals surface area contributed by atoms with Gasteiger partial charge in [0.05, 0.1) is 11.7 Å². The first-order valence-corrected chi connectivity index (χ1v) is 13.1. The molecule has 0 saturated heterocycles. The van der Waals surface area contributed by atoms with Crippen LogP contribution in [0.5, 0.6) is 0 Å². The van der Waals surface area contributed by atoms with Gasteiger partial charge in [-0.25, -0.2) is 0 Å². The van der Waals surface area contributed by atoms with Crippen LogP contribution in [0.4, 0.5) is 0 Å². The Morgan fingerprint density at radius 1 is 1.00 bits per heavy atom. The highest BCUT2D eigenvalue weighted by Gasteiger charge is 2.71. The summed E-state index contributed by atoms with van der Waals surface area (Å²) in [7, 11) is 0. The fraction of sp³-hybridized carbons (Fsp3) is 0.963. The Morgan fingerprint density at radius 3 is 2.39 bits per heavy atom. The second-order valence-electron chi connectivity index (χ2n) is 12.8. The van der Waals surface area contributed by atoms with Crippen molar-refractivity contribution in [2.24, 2.45) is 46.3 Å². The molecule has 178 valence electrons. The van der Waals surface area contributed by atoms with Gasteiger partial charge in [0.25, 0.3) is 0 Å². The molecule has 4 aliphatic rings. The molecule has 0 radical (unpaired) electrons. The van der Waals surface area contributed by atoms with Gasteiger partial charge in [-0.3, -0.25) is 4.79 Å². The predicted molar refractivity (Wildman–Crippen MR) is 122 cm³/mol. The zero-order valence-electron chi connectivity index (χ0n) is 20.4. The molecule has 0 spiro atoms. The zero-order valence-corrected chi connectivity index (χ0v) is 20.4. The van der Waals surface area contributed by atoms with Gasteiger partial charge in [0.2, 0.25) is 0 Å². The summed E-state index contributed by atoms with van der Waals surface area (Å²) in [5, 5.41) is 33.7. The highest BCUT2D eigenvalue weighted by molar-refractivity contribution is 5.88. The Balaban J connectivity index is 1.60. The number of Topliss-reactive ketones (excluding diaryl/α,β-unsaturated/α-hetero) is 1. The monoisotopic (exact) mass is 434 g/mol. The molecule has 0 amide bonds. The molecular weight excluding hydrogens is 388 g/mol. The topological polar surface area (TPSA) is 77.8 Å². The van der Waals surface area contributed by atoms with Gasteiger partial charge in [0.15, 0.2) is 5.78 Å². The van der Waals surface area contributed by atoms with Crippen LogP contribution < -0.4 is 0 Å². The summed E-state index contributed by atoms with van der Waals surface area (Å²) in [4.78, 5) is 13.3. The lowest BCUT2D eigenvalue weighted by Crippen LogP contribution is -2.72. The molecular formula is C27H46O4. The van der Waals surface area contributed by atoms with E-state index in [0.29, 0.717) is 37.5 Å². The van der Waals surface area contributed by atoms with Crippen LogP contribution in [0.2, 0.25) is 0 Å². The molecule has 4 heteroatoms. The van der Waals surface area contributed by atoms with Crippen molar-refractivity contribution in [3.05, 3.63) is 0 Å². The largest absolute Gasteiger partial charge is 0.393 e. The van der Waals surface area contributed by atoms with Gasteiger partial charge < -0.3 is 15.3 Å². The van der Waals surface area contributed by atoms with E-state index in [0.717, 1.165) is 25.2 Å². The van der Waals surface area contributed by atoms with Crippen molar-refractivity contribution in [2.75, 3.05) is 0 Å². The van der Waals surface area contributed by atoms with E-state index in [4.69, 9.17) is 0 Å². The molecule has 0 aromatic carbocycles. The maximum Gasteiger partial charge on any atom is 0.165 e. The molecule has 4 nitrogen and oxygen atoms in total. The summed E-state index contributed by atoms with van der Waals surface area (Å²) in [5.41, 5.74) is -1.45. The van der Waals surface area contributed by atoms with Crippen LogP contribution in [0.1, 0.15) is 98.8 Å². The molecule has 4 saturated carbocycles. The molecule has 0 aromatic heterocycles. The Bertz CT molecular complexity index is 691. The molecule has 1 unspecified atom stereocenters. The first-order chi connectivity index (χ1) is 14.5. The van der Waals surface area contributed by atoms with Crippen molar-refractivity contribution in [3.8, 4) is 0 Å². The molecule has 0 aromatic rings. The normalized spacial score (nSPS) is 50.7. The van der Waals surface area contributed by atoms with E-state index in [-0.39, 0.29) is 23.0 Å². The van der Waals surface area contributed by atoms with Crippen LogP contribution in [0.3, 0.4) is 0 Å². The molecule has 31 heavy (non-hydrogen) atoms. The minimum absolute atomic E-state index is 0.0901. The molecule has 3 N–H and O–H groups in total. The van der Waals surface area contributed by atoms with Crippen molar-refractivity contribution in [1.82, 2.24) is 0 Å². The fourth-order valence-electron chi connectivity index (χ4n) is 8.97. The summed E-state index contributed by atoms with van der Waals surface area (Å²) >= 11 is 0. The van der Waals surface area contributed by atoms with Crippen LogP contribution in [-0.2, 0) is 4.79 Å². The van der Waals surface area contributed by atoms with Crippen molar-refractivity contribution in [2.45, 2.75) is 117 Å². The lowest BCUT2D eigenvalue weighted by Gasteiger charge is -2.65. The quantitative estimate of drug-likeness (QED) is 0.584. The third-order valence-electron chi connectivity index (χ3n) is 10.9. The SMILES string of the molecule is CC(C)CCC[C@@H](C)[C@H]1CC[C@H]2[C@@H]3[C@H](O)C(=O)C4C[C@@H](O)CC[C@]4(C)[C@@]3(O)CC[C@]12C. The molecule has 4 aliphatic carbocycles. The summed E-state index contributed by atoms with van der Waals surface area (Å²) in [6.07, 6.45) is 7.73. The first kappa shape index (κ1) is 23.7. The number of hydrogen-bond acceptors (Lipinski definition) is 4. The van der Waals surface area contributed by atoms with Crippen LogP contribution in [0.15, 0.2) is 0 Å². The number of rotatable bonds is 5. The van der Waals surface area contributed by atoms with Gasteiger partial charge in [-0.15, -0.1) is 0 Å². The minimum Gasteiger partial charge on any atom is -0.393 e. The van der Waals surface area contributed by atoms with Crippen LogP contribution in [0.25, 0.3) is 0 Å². The number of aliphatic hydroxyl groups is 3. The summed E-state index contributed by atoms with van der Waals surface area (Å²) in [5.74, 6) is 1.29. The molecule has 4 fully saturated rings. The van der Waals surface area contributed by atoms with Gasteiger partial charge in [0.1, 0.15) is 6.10 Å². The third-order valence-corrected chi connectivity index (χ3v) is 10.9. The van der Waals surface area contributed by atoms with Crippen molar-refractivity contribution in [1.29, 1.82) is 0 Å². The summed E-state index contributed by atoms with van der Waals surface area (Å²) in [6.45, 7) is 11.5. The molecule has 10 atom stereocenters. The fourth-order valence-corrected chi connectivity index (χ4v) is 8.97. The van der Waals surface area contributed by atoms with Gasteiger partial charge in [-0.05, 0) is 74.0 Å². The Hall–Kier alpha value is -0.450. The van der Waals surface area contributed by atoms with E-state index in [1.54, 1.807) is 0 Å². The average molecular weight is 435 g/mol. The lowest BCUT2D eigenvalue weighted by molar-refractivity contribution is -0.257. The van der Waals surface area contributed by atoms with E-state index in [2.05, 4.69) is 34.6 Å². The van der Waals surface area contributed by atoms with E-state index in [1.165, 1.54) is 19.3 Å². The highest BCUT2D eigenvalue weighted by atomic mass is 16.3. The molecule has 4 rings (SSSR count). The Labute approximate surface area is 189 Å². The van der Waals surface area contributed by atoms with Gasteiger partial charge in [-0.2, -0.15) is 0 Å². The lowest BCUT2D eigenvalue weighted by atomic mass is 9.41. The van der Waals surface area contributed by atoms with E-state index in [9.17, 15) is 20.1 Å². The van der Waals surface area contributed by atoms with Crippen LogP contribution in [-0.4, -0.2) is 38.9 Å². The number of fused-ring (bicyclic) bond motifs is 5. The Kier molecular flexibility index (Phi) is 6.19. The number of carbonyl (C=O) groups is 1. The van der Waals surface area contributed by atoms with Crippen LogP contribution >= 0.6 is 0 Å². The van der Waals surface area contributed by atoms with Gasteiger partial charge >= 0.3 is 0 Å². The maximum absolute atomic E-state index is 13.3. The summed E-state index contributed by atoms with van der Waals surface area (Å²) in [6, 6.07) is 0. The zero-order chi connectivity index (χ0) is 22.8. The summed E-state index contributed by atoms with van der Waals surface area (Å²) < 4.78 is 0. The van der Waals surface area contributed by atoms with E-state index in [1.807, 2.05) is 0 Å². The van der Waals surface area contributed by atoms with Crippen LogP contribution in [0, 0.1) is 46.3 Å². The first-order valence-electron chi connectivity index (χ1n) is 13.1. The van der Waals surface area contributed by atoms with Crippen molar-refractivity contribution >= 4 is 5.78 Å². The van der Waals surface area contributed by atoms with Crippen molar-refractivity contribution in [3.63, 3.8) is 0 Å². The predicted octanol–water partition coefficient (Wildman–Crippen LogP) is 4.73. The number of aliphatic hydroxyl groups excluding tert-OH is 2. The third kappa shape index (κ3) is 3.46. The van der Waals surface area contributed by atoms with E-state index < -0.39 is 29.1 Å². The van der Waals surface area contributed by atoms with Gasteiger partial charge in [0, 0.05) is 17.3 Å². The molecule has 0 heterocycles.